The first-order chi connectivity index (χ1) is 5.65. The van der Waals surface area contributed by atoms with E-state index in [0.717, 1.165) is 12.8 Å². The Morgan fingerprint density at radius 2 is 2.42 bits per heavy atom. The Kier molecular flexibility index (Phi) is 2.85. The highest BCUT2D eigenvalue weighted by Gasteiger charge is 2.23. The monoisotopic (exact) mass is 164 g/mol. The largest absolute Gasteiger partial charge is 0.300 e. The Morgan fingerprint density at radius 1 is 1.75 bits per heavy atom. The van der Waals surface area contributed by atoms with Crippen molar-refractivity contribution in [1.82, 2.24) is 0 Å². The molecule has 0 saturated heterocycles. The number of ketones is 1. The third-order valence-electron chi connectivity index (χ3n) is 2.64. The highest BCUT2D eigenvalue weighted by molar-refractivity contribution is 5.79. The number of carbonyl (C=O) groups excluding carboxylic acids is 1. The second kappa shape index (κ2) is 3.70. The zero-order valence-electron chi connectivity index (χ0n) is 7.84. The summed E-state index contributed by atoms with van der Waals surface area (Å²) in [6, 6.07) is 0. The van der Waals surface area contributed by atoms with Gasteiger partial charge in [0.25, 0.3) is 0 Å². The van der Waals surface area contributed by atoms with Crippen molar-refractivity contribution in [3.63, 3.8) is 0 Å². The Balaban J connectivity index is 2.72. The molecular formula is C11H16O. The van der Waals surface area contributed by atoms with Crippen molar-refractivity contribution in [2.75, 3.05) is 0 Å². The average Bonchev–Trinajstić information content (AvgIpc) is 2.03. The molecular weight excluding hydrogens is 148 g/mol. The lowest BCUT2D eigenvalue weighted by atomic mass is 9.80. The molecule has 66 valence electrons. The van der Waals surface area contributed by atoms with E-state index in [1.807, 2.05) is 6.08 Å². The molecule has 2 atom stereocenters. The lowest BCUT2D eigenvalue weighted by molar-refractivity contribution is -0.122. The van der Waals surface area contributed by atoms with Crippen LogP contribution in [0.15, 0.2) is 24.3 Å². The molecule has 0 N–H and O–H groups in total. The van der Waals surface area contributed by atoms with Crippen molar-refractivity contribution in [3.05, 3.63) is 24.3 Å². The number of rotatable bonds is 2. The quantitative estimate of drug-likeness (QED) is 0.613. The van der Waals surface area contributed by atoms with E-state index >= 15 is 0 Å². The van der Waals surface area contributed by atoms with Gasteiger partial charge in [-0.25, -0.2) is 0 Å². The molecule has 0 bridgehead atoms. The van der Waals surface area contributed by atoms with Crippen molar-refractivity contribution in [1.29, 1.82) is 0 Å². The van der Waals surface area contributed by atoms with Crippen molar-refractivity contribution < 1.29 is 4.79 Å². The van der Waals surface area contributed by atoms with E-state index in [9.17, 15) is 4.79 Å². The van der Waals surface area contributed by atoms with Crippen LogP contribution >= 0.6 is 0 Å². The van der Waals surface area contributed by atoms with E-state index < -0.39 is 0 Å². The summed E-state index contributed by atoms with van der Waals surface area (Å²) in [5, 5.41) is 0. The summed E-state index contributed by atoms with van der Waals surface area (Å²) in [7, 11) is 0. The van der Waals surface area contributed by atoms with Gasteiger partial charge in [0.2, 0.25) is 0 Å². The second-order valence-corrected chi connectivity index (χ2v) is 3.56. The third-order valence-corrected chi connectivity index (χ3v) is 2.64. The lowest BCUT2D eigenvalue weighted by Gasteiger charge is -2.24. The molecule has 0 fully saturated rings. The van der Waals surface area contributed by atoms with Crippen molar-refractivity contribution >= 4 is 5.78 Å². The highest BCUT2D eigenvalue weighted by atomic mass is 16.1. The Bertz CT molecular complexity index is 225. The van der Waals surface area contributed by atoms with Gasteiger partial charge in [0.1, 0.15) is 5.78 Å². The molecule has 0 aliphatic heterocycles. The van der Waals surface area contributed by atoms with Crippen LogP contribution in [0.2, 0.25) is 0 Å². The molecule has 0 spiro atoms. The maximum Gasteiger partial charge on any atom is 0.133 e. The predicted octanol–water partition coefficient (Wildman–Crippen LogP) is 2.73. The zero-order chi connectivity index (χ0) is 9.14. The Morgan fingerprint density at radius 3 is 2.83 bits per heavy atom. The van der Waals surface area contributed by atoms with Gasteiger partial charge in [0.15, 0.2) is 0 Å². The summed E-state index contributed by atoms with van der Waals surface area (Å²) >= 11 is 0. The first kappa shape index (κ1) is 9.24. The van der Waals surface area contributed by atoms with Crippen molar-refractivity contribution in [3.8, 4) is 0 Å². The minimum atomic E-state index is 0.244. The van der Waals surface area contributed by atoms with E-state index in [0.29, 0.717) is 11.7 Å². The maximum atomic E-state index is 11.1. The topological polar surface area (TPSA) is 17.1 Å². The van der Waals surface area contributed by atoms with Crippen LogP contribution in [-0.4, -0.2) is 5.78 Å². The molecule has 0 aromatic rings. The normalized spacial score (nSPS) is 29.3. The van der Waals surface area contributed by atoms with Gasteiger partial charge in [-0.2, -0.15) is 0 Å². The number of Topliss-reactive ketones (excluding diaryl/α,β-unsaturated/α-hetero) is 1. The van der Waals surface area contributed by atoms with E-state index in [-0.39, 0.29) is 5.92 Å². The third kappa shape index (κ3) is 1.84. The standard InChI is InChI=1S/C11H16O/c1-4-10-5-6-11(9(3)12)8(2)7-10/h4,7-8,11H,1,5-6H2,2-3H3. The number of carbonyl (C=O) groups is 1. The van der Waals surface area contributed by atoms with E-state index in [4.69, 9.17) is 0 Å². The summed E-state index contributed by atoms with van der Waals surface area (Å²) in [6.45, 7) is 7.53. The molecule has 1 rings (SSSR count). The summed E-state index contributed by atoms with van der Waals surface area (Å²) in [5.41, 5.74) is 1.29. The van der Waals surface area contributed by atoms with Gasteiger partial charge < -0.3 is 0 Å². The highest BCUT2D eigenvalue weighted by Crippen LogP contribution is 2.29. The summed E-state index contributed by atoms with van der Waals surface area (Å²) in [6.07, 6.45) is 6.07. The van der Waals surface area contributed by atoms with Gasteiger partial charge in [0, 0.05) is 5.92 Å². The molecule has 0 heterocycles. The van der Waals surface area contributed by atoms with Crippen LogP contribution in [-0.2, 0) is 4.79 Å². The first-order valence-corrected chi connectivity index (χ1v) is 4.48. The average molecular weight is 164 g/mol. The number of hydrogen-bond donors (Lipinski definition) is 0. The van der Waals surface area contributed by atoms with Crippen LogP contribution in [0.3, 0.4) is 0 Å². The SMILES string of the molecule is C=CC1=CC(C)C(C(C)=O)CC1. The van der Waals surface area contributed by atoms with E-state index in [1.54, 1.807) is 6.92 Å². The fourth-order valence-corrected chi connectivity index (χ4v) is 1.87. The van der Waals surface area contributed by atoms with Crippen LogP contribution in [0, 0.1) is 11.8 Å². The number of hydrogen-bond acceptors (Lipinski definition) is 1. The lowest BCUT2D eigenvalue weighted by Crippen LogP contribution is -2.21. The maximum absolute atomic E-state index is 11.1. The van der Waals surface area contributed by atoms with Crippen LogP contribution < -0.4 is 0 Å². The molecule has 12 heavy (non-hydrogen) atoms. The second-order valence-electron chi connectivity index (χ2n) is 3.56. The van der Waals surface area contributed by atoms with Gasteiger partial charge in [-0.15, -0.1) is 0 Å². The molecule has 2 unspecified atom stereocenters. The van der Waals surface area contributed by atoms with Crippen molar-refractivity contribution in [2.45, 2.75) is 26.7 Å². The van der Waals surface area contributed by atoms with Gasteiger partial charge in [-0.3, -0.25) is 4.79 Å². The molecule has 1 nitrogen and oxygen atoms in total. The van der Waals surface area contributed by atoms with Gasteiger partial charge >= 0.3 is 0 Å². The predicted molar refractivity (Wildman–Crippen MR) is 50.8 cm³/mol. The molecule has 0 saturated carbocycles. The molecule has 1 aliphatic rings. The fraction of sp³-hybridized carbons (Fsp3) is 0.545. The fourth-order valence-electron chi connectivity index (χ4n) is 1.87. The smallest absolute Gasteiger partial charge is 0.133 e. The van der Waals surface area contributed by atoms with Crippen LogP contribution in [0.25, 0.3) is 0 Å². The molecule has 0 aromatic carbocycles. The zero-order valence-corrected chi connectivity index (χ0v) is 7.84. The van der Waals surface area contributed by atoms with E-state index in [1.165, 1.54) is 5.57 Å². The molecule has 0 amide bonds. The van der Waals surface area contributed by atoms with E-state index in [2.05, 4.69) is 19.6 Å². The molecule has 1 aliphatic carbocycles. The Labute approximate surface area is 74.2 Å². The molecule has 0 radical (unpaired) electrons. The minimum Gasteiger partial charge on any atom is -0.300 e. The van der Waals surface area contributed by atoms with Crippen LogP contribution in [0.5, 0.6) is 0 Å². The van der Waals surface area contributed by atoms with Crippen LogP contribution in [0.4, 0.5) is 0 Å². The summed E-state index contributed by atoms with van der Waals surface area (Å²) in [5.74, 6) is 0.958. The Hall–Kier alpha value is -0.850. The minimum absolute atomic E-state index is 0.244. The summed E-state index contributed by atoms with van der Waals surface area (Å²) in [4.78, 5) is 11.1. The molecule has 0 aromatic heterocycles. The van der Waals surface area contributed by atoms with Gasteiger partial charge in [-0.1, -0.05) is 31.2 Å². The summed E-state index contributed by atoms with van der Waals surface area (Å²) < 4.78 is 0. The van der Waals surface area contributed by atoms with Crippen molar-refractivity contribution in [2.24, 2.45) is 11.8 Å². The van der Waals surface area contributed by atoms with Gasteiger partial charge in [0.05, 0.1) is 0 Å². The molecule has 1 heteroatoms. The van der Waals surface area contributed by atoms with Gasteiger partial charge in [-0.05, 0) is 25.7 Å². The first-order valence-electron chi connectivity index (χ1n) is 4.48. The number of allylic oxidation sites excluding steroid dienone is 3. The van der Waals surface area contributed by atoms with Crippen LogP contribution in [0.1, 0.15) is 26.7 Å².